The number of ether oxygens (including phenoxy) is 3. The number of nitrogens with two attached hydrogens (primary N) is 3. The summed E-state index contributed by atoms with van der Waals surface area (Å²) in [6.45, 7) is 5.83. The Morgan fingerprint density at radius 3 is 1.39 bits per heavy atom. The number of carbonyl (C=O) groups excluding carboxylic acids is 3. The molecular formula is C45H49BrF6N10O7S3. The van der Waals surface area contributed by atoms with Crippen LogP contribution in [0.5, 0.6) is 17.2 Å². The van der Waals surface area contributed by atoms with Crippen molar-refractivity contribution in [3.05, 3.63) is 122 Å². The topological polar surface area (TPSA) is 247 Å². The van der Waals surface area contributed by atoms with Crippen LogP contribution in [0, 0.1) is 34.9 Å². The van der Waals surface area contributed by atoms with E-state index in [2.05, 4.69) is 45.8 Å². The molecule has 0 spiro atoms. The Morgan fingerprint density at radius 2 is 0.972 bits per heavy atom. The van der Waals surface area contributed by atoms with Crippen molar-refractivity contribution in [2.45, 2.75) is 43.7 Å². The van der Waals surface area contributed by atoms with Crippen molar-refractivity contribution in [3.8, 4) is 17.2 Å². The minimum Gasteiger partial charge on any atom is -0.496 e. The molecule has 17 nitrogen and oxygen atoms in total. The molecule has 0 atom stereocenters. The molecular weight excluding hydrogens is 1080 g/mol. The number of ketones is 2. The van der Waals surface area contributed by atoms with Gasteiger partial charge in [0, 0.05) is 37.8 Å². The van der Waals surface area contributed by atoms with Gasteiger partial charge in [-0.15, -0.1) is 0 Å². The summed E-state index contributed by atoms with van der Waals surface area (Å²) in [6, 6.07) is 5.63. The SMILES string of the molecule is C.CCSc1ncc(C(=O)N(C)OC)c(N)n1.CCSc1ncc(C(=O)c2c(OC)ccc(F)c2F)c(N)n1.CCSc1ncc(C(=O)c2cc(F)c(F)cc2OC)c(N)n1.COc1cc(F)c(F)cc1Br. The van der Waals surface area contributed by atoms with Crippen LogP contribution in [0.2, 0.25) is 0 Å². The van der Waals surface area contributed by atoms with Gasteiger partial charge in [0.25, 0.3) is 5.91 Å². The van der Waals surface area contributed by atoms with E-state index in [1.165, 1.54) is 95.4 Å². The van der Waals surface area contributed by atoms with Gasteiger partial charge in [-0.2, -0.15) is 0 Å². The maximum absolute atomic E-state index is 14.0. The minimum atomic E-state index is -1.30. The fourth-order valence-corrected chi connectivity index (χ4v) is 7.35. The van der Waals surface area contributed by atoms with Gasteiger partial charge >= 0.3 is 0 Å². The predicted octanol–water partition coefficient (Wildman–Crippen LogP) is 9.55. The summed E-state index contributed by atoms with van der Waals surface area (Å²) in [5.74, 6) is -5.85. The van der Waals surface area contributed by atoms with Gasteiger partial charge in [-0.3, -0.25) is 19.2 Å². The first-order chi connectivity index (χ1) is 33.7. The number of hydrogen-bond donors (Lipinski definition) is 3. The van der Waals surface area contributed by atoms with Crippen LogP contribution in [0.3, 0.4) is 0 Å². The molecule has 0 bridgehead atoms. The van der Waals surface area contributed by atoms with Crippen LogP contribution in [0.4, 0.5) is 43.8 Å². The third kappa shape index (κ3) is 16.6. The molecule has 0 unspecified atom stereocenters. The number of halogens is 7. The van der Waals surface area contributed by atoms with Crippen molar-refractivity contribution in [3.63, 3.8) is 0 Å². The van der Waals surface area contributed by atoms with Gasteiger partial charge in [-0.1, -0.05) is 63.5 Å². The average Bonchev–Trinajstić information content (AvgIpc) is 3.34. The summed E-state index contributed by atoms with van der Waals surface area (Å²) < 4.78 is 93.8. The zero-order valence-electron chi connectivity index (χ0n) is 38.9. The largest absolute Gasteiger partial charge is 0.496 e. The van der Waals surface area contributed by atoms with Crippen LogP contribution in [0.15, 0.2) is 74.9 Å². The smallest absolute Gasteiger partial charge is 0.282 e. The number of hydrogen-bond acceptors (Lipinski definition) is 19. The molecule has 0 saturated heterocycles. The molecule has 0 aliphatic rings. The van der Waals surface area contributed by atoms with Crippen LogP contribution in [0.25, 0.3) is 0 Å². The van der Waals surface area contributed by atoms with Gasteiger partial charge in [0.2, 0.25) is 11.6 Å². The second-order valence-electron chi connectivity index (χ2n) is 13.1. The fourth-order valence-electron chi connectivity index (χ4n) is 5.23. The van der Waals surface area contributed by atoms with Crippen LogP contribution in [0.1, 0.15) is 70.4 Å². The Morgan fingerprint density at radius 1 is 0.569 bits per heavy atom. The maximum Gasteiger partial charge on any atom is 0.282 e. The Labute approximate surface area is 431 Å². The van der Waals surface area contributed by atoms with E-state index in [9.17, 15) is 40.7 Å². The minimum absolute atomic E-state index is 0. The van der Waals surface area contributed by atoms with Gasteiger partial charge in [0.15, 0.2) is 50.4 Å². The third-order valence-electron chi connectivity index (χ3n) is 8.67. The molecule has 0 aliphatic carbocycles. The first kappa shape index (κ1) is 61.7. The number of benzene rings is 3. The highest BCUT2D eigenvalue weighted by Crippen LogP contribution is 2.30. The molecule has 3 heterocycles. The summed E-state index contributed by atoms with van der Waals surface area (Å²) in [5, 5.41) is 2.48. The molecule has 0 fully saturated rings. The van der Waals surface area contributed by atoms with Gasteiger partial charge in [0.05, 0.1) is 49.6 Å². The van der Waals surface area contributed by atoms with E-state index >= 15 is 0 Å². The molecule has 27 heteroatoms. The molecule has 0 aliphatic heterocycles. The van der Waals surface area contributed by atoms with Crippen LogP contribution in [-0.2, 0) is 4.84 Å². The molecule has 1 amide bonds. The second-order valence-corrected chi connectivity index (χ2v) is 17.7. The van der Waals surface area contributed by atoms with Gasteiger partial charge in [-0.05, 0) is 57.5 Å². The Bertz CT molecular complexity index is 2850. The molecule has 388 valence electrons. The quantitative estimate of drug-likeness (QED) is 0.0216. The summed E-state index contributed by atoms with van der Waals surface area (Å²) in [7, 11) is 6.79. The number of amides is 1. The first-order valence-corrected chi connectivity index (χ1v) is 23.9. The lowest BCUT2D eigenvalue weighted by Gasteiger charge is -2.14. The standard InChI is InChI=1S/2C14H13F2N3O2S.C9H14N4O2S.C7H5BrF2O.CH4/c1-3-22-14-18-6-8(13(17)19-14)12(20)7-4-9(15)10(16)5-11(7)21-2;1-3-22-14-18-6-7(13(17)19-14)12(20)10-9(21-2)5-4-8(15)11(10)16;1-4-16-9-11-5-6(7(10)12-9)8(14)13(2)15-3;1-11-7-3-6(10)5(9)2-4(7)8;/h2*4-6H,3H2,1-2H3,(H2,17,18,19);5H,4H2,1-3H3,(H2,10,11,12);2-3H,1H3;1H4. The van der Waals surface area contributed by atoms with Gasteiger partial charge < -0.3 is 31.4 Å². The normalized spacial score (nSPS) is 10.2. The van der Waals surface area contributed by atoms with Crippen molar-refractivity contribution >= 4 is 86.1 Å². The molecule has 6 aromatic rings. The number of carbonyl (C=O) groups is 3. The van der Waals surface area contributed by atoms with Gasteiger partial charge in [0.1, 0.15) is 45.8 Å². The molecule has 6 N–H and O–H groups in total. The summed E-state index contributed by atoms with van der Waals surface area (Å²) in [5.41, 5.74) is 16.6. The van der Waals surface area contributed by atoms with Crippen molar-refractivity contribution in [2.24, 2.45) is 0 Å². The van der Waals surface area contributed by atoms with Crippen molar-refractivity contribution < 1.29 is 59.8 Å². The predicted molar refractivity (Wildman–Crippen MR) is 268 cm³/mol. The molecule has 0 saturated carbocycles. The molecule has 3 aromatic carbocycles. The Kier molecular flexibility index (Phi) is 25.5. The number of nitrogen functional groups attached to an aromatic ring is 3. The summed E-state index contributed by atoms with van der Waals surface area (Å²) in [6.07, 6.45) is 3.88. The molecule has 0 radical (unpaired) electrons. The number of anilines is 3. The summed E-state index contributed by atoms with van der Waals surface area (Å²) >= 11 is 7.19. The first-order valence-electron chi connectivity index (χ1n) is 20.1. The molecule has 6 rings (SSSR count). The van der Waals surface area contributed by atoms with Crippen LogP contribution < -0.4 is 31.4 Å². The van der Waals surface area contributed by atoms with E-state index in [-0.39, 0.29) is 70.3 Å². The molecule has 3 aromatic heterocycles. The highest BCUT2D eigenvalue weighted by atomic mass is 79.9. The lowest BCUT2D eigenvalue weighted by atomic mass is 10.0. The van der Waals surface area contributed by atoms with E-state index in [1.54, 1.807) is 0 Å². The van der Waals surface area contributed by atoms with Crippen LogP contribution in [-0.4, -0.2) is 105 Å². The Hall–Kier alpha value is -6.42. The zero-order chi connectivity index (χ0) is 53.1. The van der Waals surface area contributed by atoms with E-state index in [1.807, 2.05) is 20.8 Å². The van der Waals surface area contributed by atoms with E-state index < -0.39 is 52.0 Å². The number of nitrogens with zero attached hydrogens (tertiary/aromatic N) is 7. The lowest BCUT2D eigenvalue weighted by molar-refractivity contribution is -0.0756. The van der Waals surface area contributed by atoms with Crippen molar-refractivity contribution in [2.75, 3.05) is 69.9 Å². The zero-order valence-corrected chi connectivity index (χ0v) is 42.9. The maximum atomic E-state index is 14.0. The van der Waals surface area contributed by atoms with Crippen LogP contribution >= 0.6 is 51.2 Å². The fraction of sp³-hybridized carbons (Fsp3) is 0.267. The molecule has 72 heavy (non-hydrogen) atoms. The summed E-state index contributed by atoms with van der Waals surface area (Å²) in [4.78, 5) is 65.4. The lowest BCUT2D eigenvalue weighted by Crippen LogP contribution is -2.26. The third-order valence-corrected chi connectivity index (χ3v) is 11.5. The number of methoxy groups -OCH3 is 3. The van der Waals surface area contributed by atoms with E-state index in [0.717, 1.165) is 52.7 Å². The number of hydroxylamine groups is 2. The highest BCUT2D eigenvalue weighted by Gasteiger charge is 2.26. The second kappa shape index (κ2) is 29.8. The number of rotatable bonds is 15. The van der Waals surface area contributed by atoms with E-state index in [0.29, 0.717) is 19.9 Å². The van der Waals surface area contributed by atoms with E-state index in [4.69, 9.17) is 36.2 Å². The number of thioether (sulfide) groups is 3. The average molecular weight is 1130 g/mol. The number of aromatic nitrogens is 6. The van der Waals surface area contributed by atoms with Crippen molar-refractivity contribution in [1.82, 2.24) is 35.0 Å². The monoisotopic (exact) mass is 1130 g/mol. The van der Waals surface area contributed by atoms with Crippen molar-refractivity contribution in [1.29, 1.82) is 0 Å². The highest BCUT2D eigenvalue weighted by molar-refractivity contribution is 9.10. The Balaban J connectivity index is 0.000000337. The van der Waals surface area contributed by atoms with Gasteiger partial charge in [-0.25, -0.2) is 61.3 Å².